The summed E-state index contributed by atoms with van der Waals surface area (Å²) in [6.45, 7) is 17.7. The molecule has 0 saturated heterocycles. The molecule has 2 unspecified atom stereocenters. The summed E-state index contributed by atoms with van der Waals surface area (Å²) in [4.78, 5) is 0. The molecule has 0 radical (unpaired) electrons. The fourth-order valence-electron chi connectivity index (χ4n) is 2.66. The van der Waals surface area contributed by atoms with Crippen LogP contribution >= 0.6 is 0 Å². The SMILES string of the molecule is C=C(CCC)C(CC)C(=C)CCC(C)CCCC. The summed E-state index contributed by atoms with van der Waals surface area (Å²) < 4.78 is 0. The maximum absolute atomic E-state index is 4.32. The van der Waals surface area contributed by atoms with E-state index in [1.165, 1.54) is 56.1 Å². The van der Waals surface area contributed by atoms with Gasteiger partial charge in [-0.1, -0.05) is 77.7 Å². The summed E-state index contributed by atoms with van der Waals surface area (Å²) in [7, 11) is 0. The summed E-state index contributed by atoms with van der Waals surface area (Å²) >= 11 is 0. The zero-order valence-corrected chi connectivity index (χ0v) is 13.2. The van der Waals surface area contributed by atoms with E-state index < -0.39 is 0 Å². The van der Waals surface area contributed by atoms with Gasteiger partial charge >= 0.3 is 0 Å². The minimum Gasteiger partial charge on any atom is -0.0993 e. The lowest BCUT2D eigenvalue weighted by molar-refractivity contribution is 0.460. The van der Waals surface area contributed by atoms with Crippen LogP contribution in [0.4, 0.5) is 0 Å². The molecular weight excluding hydrogens is 216 g/mol. The van der Waals surface area contributed by atoms with Crippen LogP contribution in [-0.2, 0) is 0 Å². The standard InChI is InChI=1S/C18H34/c1-7-10-12-15(4)13-14-17(6)18(9-3)16(5)11-8-2/h15,18H,5-14H2,1-4H3. The van der Waals surface area contributed by atoms with E-state index >= 15 is 0 Å². The first-order chi connectivity index (χ1) is 8.56. The van der Waals surface area contributed by atoms with Crippen molar-refractivity contribution in [2.45, 2.75) is 79.1 Å². The van der Waals surface area contributed by atoms with Crippen molar-refractivity contribution in [1.29, 1.82) is 0 Å². The van der Waals surface area contributed by atoms with Crippen molar-refractivity contribution in [3.8, 4) is 0 Å². The average molecular weight is 250 g/mol. The minimum atomic E-state index is 0.559. The molecule has 0 nitrogen and oxygen atoms in total. The van der Waals surface area contributed by atoms with E-state index in [9.17, 15) is 0 Å². The van der Waals surface area contributed by atoms with Crippen molar-refractivity contribution in [1.82, 2.24) is 0 Å². The fourth-order valence-corrected chi connectivity index (χ4v) is 2.66. The van der Waals surface area contributed by atoms with Gasteiger partial charge in [0.05, 0.1) is 0 Å². The van der Waals surface area contributed by atoms with Crippen LogP contribution in [0.15, 0.2) is 24.3 Å². The van der Waals surface area contributed by atoms with Crippen molar-refractivity contribution in [2.24, 2.45) is 11.8 Å². The van der Waals surface area contributed by atoms with Crippen molar-refractivity contribution in [3.05, 3.63) is 24.3 Å². The highest BCUT2D eigenvalue weighted by atomic mass is 14.2. The third-order valence-corrected chi connectivity index (χ3v) is 3.97. The first kappa shape index (κ1) is 17.5. The molecule has 0 amide bonds. The second-order valence-corrected chi connectivity index (χ2v) is 5.81. The second-order valence-electron chi connectivity index (χ2n) is 5.81. The van der Waals surface area contributed by atoms with Gasteiger partial charge in [0.25, 0.3) is 0 Å². The monoisotopic (exact) mass is 250 g/mol. The van der Waals surface area contributed by atoms with Crippen LogP contribution in [0.5, 0.6) is 0 Å². The molecule has 106 valence electrons. The van der Waals surface area contributed by atoms with Gasteiger partial charge in [0.2, 0.25) is 0 Å². The third kappa shape index (κ3) is 7.03. The van der Waals surface area contributed by atoms with Crippen LogP contribution in [-0.4, -0.2) is 0 Å². The summed E-state index contributed by atoms with van der Waals surface area (Å²) in [5, 5.41) is 0. The maximum atomic E-state index is 4.32. The average Bonchev–Trinajstić information content (AvgIpc) is 2.35. The molecule has 0 heteroatoms. The molecular formula is C18H34. The Morgan fingerprint density at radius 2 is 1.50 bits per heavy atom. The Morgan fingerprint density at radius 3 is 2.00 bits per heavy atom. The van der Waals surface area contributed by atoms with Gasteiger partial charge in [-0.2, -0.15) is 0 Å². The van der Waals surface area contributed by atoms with E-state index in [-0.39, 0.29) is 0 Å². The lowest BCUT2D eigenvalue weighted by atomic mass is 9.84. The fraction of sp³-hybridized carbons (Fsp3) is 0.778. The molecule has 0 bridgehead atoms. The molecule has 0 aliphatic heterocycles. The third-order valence-electron chi connectivity index (χ3n) is 3.97. The van der Waals surface area contributed by atoms with Gasteiger partial charge in [0, 0.05) is 0 Å². The lowest BCUT2D eigenvalue weighted by Crippen LogP contribution is -2.07. The molecule has 0 aromatic heterocycles. The van der Waals surface area contributed by atoms with Gasteiger partial charge in [-0.15, -0.1) is 0 Å². The summed E-state index contributed by atoms with van der Waals surface area (Å²) in [6.07, 6.45) is 10.1. The highest BCUT2D eigenvalue weighted by Crippen LogP contribution is 2.29. The minimum absolute atomic E-state index is 0.559. The van der Waals surface area contributed by atoms with Crippen LogP contribution < -0.4 is 0 Å². The molecule has 0 spiro atoms. The van der Waals surface area contributed by atoms with Crippen LogP contribution in [0, 0.1) is 11.8 Å². The Balaban J connectivity index is 4.08. The Bertz CT molecular complexity index is 236. The second kappa shape index (κ2) is 10.4. The molecule has 0 aromatic rings. The lowest BCUT2D eigenvalue weighted by Gasteiger charge is -2.21. The Kier molecular flexibility index (Phi) is 10.1. The Hall–Kier alpha value is -0.520. The van der Waals surface area contributed by atoms with E-state index in [2.05, 4.69) is 40.9 Å². The maximum Gasteiger partial charge on any atom is -0.000108 e. The molecule has 0 heterocycles. The topological polar surface area (TPSA) is 0 Å². The van der Waals surface area contributed by atoms with E-state index in [1.807, 2.05) is 0 Å². The highest BCUT2D eigenvalue weighted by molar-refractivity contribution is 5.16. The number of rotatable bonds is 11. The van der Waals surface area contributed by atoms with E-state index in [0.717, 1.165) is 12.3 Å². The number of unbranched alkanes of at least 4 members (excludes halogenated alkanes) is 1. The van der Waals surface area contributed by atoms with E-state index in [0.29, 0.717) is 5.92 Å². The number of hydrogen-bond donors (Lipinski definition) is 0. The molecule has 0 N–H and O–H groups in total. The summed E-state index contributed by atoms with van der Waals surface area (Å²) in [5.74, 6) is 1.40. The molecule has 18 heavy (non-hydrogen) atoms. The van der Waals surface area contributed by atoms with Crippen molar-refractivity contribution in [3.63, 3.8) is 0 Å². The molecule has 0 aliphatic rings. The highest BCUT2D eigenvalue weighted by Gasteiger charge is 2.14. The largest absolute Gasteiger partial charge is 0.0993 e. The van der Waals surface area contributed by atoms with E-state index in [4.69, 9.17) is 0 Å². The molecule has 0 saturated carbocycles. The van der Waals surface area contributed by atoms with Gasteiger partial charge in [-0.05, 0) is 37.5 Å². The molecule has 0 rings (SSSR count). The molecule has 0 aromatic carbocycles. The van der Waals surface area contributed by atoms with Gasteiger partial charge in [-0.3, -0.25) is 0 Å². The first-order valence-electron chi connectivity index (χ1n) is 7.91. The smallest absolute Gasteiger partial charge is 0.000108 e. The summed E-state index contributed by atoms with van der Waals surface area (Å²) in [6, 6.07) is 0. The Morgan fingerprint density at radius 1 is 0.889 bits per heavy atom. The summed E-state index contributed by atoms with van der Waals surface area (Å²) in [5.41, 5.74) is 2.81. The van der Waals surface area contributed by atoms with Crippen molar-refractivity contribution >= 4 is 0 Å². The van der Waals surface area contributed by atoms with Crippen LogP contribution in [0.2, 0.25) is 0 Å². The van der Waals surface area contributed by atoms with Crippen LogP contribution in [0.25, 0.3) is 0 Å². The van der Waals surface area contributed by atoms with Crippen molar-refractivity contribution < 1.29 is 0 Å². The van der Waals surface area contributed by atoms with Gasteiger partial charge in [0.1, 0.15) is 0 Å². The number of hydrogen-bond acceptors (Lipinski definition) is 0. The van der Waals surface area contributed by atoms with Crippen LogP contribution in [0.3, 0.4) is 0 Å². The van der Waals surface area contributed by atoms with Crippen LogP contribution in [0.1, 0.15) is 79.1 Å². The molecule has 0 aliphatic carbocycles. The van der Waals surface area contributed by atoms with Gasteiger partial charge in [-0.25, -0.2) is 0 Å². The predicted octanol–water partition coefficient (Wildman–Crippen LogP) is 6.53. The molecule has 0 fully saturated rings. The van der Waals surface area contributed by atoms with E-state index in [1.54, 1.807) is 0 Å². The van der Waals surface area contributed by atoms with Crippen molar-refractivity contribution in [2.75, 3.05) is 0 Å². The zero-order chi connectivity index (χ0) is 14.0. The predicted molar refractivity (Wildman–Crippen MR) is 84.9 cm³/mol. The normalized spacial score (nSPS) is 14.2. The van der Waals surface area contributed by atoms with Gasteiger partial charge < -0.3 is 0 Å². The Labute approximate surface area is 116 Å². The number of allylic oxidation sites excluding steroid dienone is 2. The first-order valence-corrected chi connectivity index (χ1v) is 7.91. The zero-order valence-electron chi connectivity index (χ0n) is 13.2. The quantitative estimate of drug-likeness (QED) is 0.366. The van der Waals surface area contributed by atoms with Gasteiger partial charge in [0.15, 0.2) is 0 Å². The molecule has 2 atom stereocenters.